The van der Waals surface area contributed by atoms with E-state index in [1.165, 1.54) is 0 Å². The standard InChI is InChI=1S/C22H29F5O3/c1-2-28-10-9-14-3-8-20(29-13-14)16-6-4-15(5-7-16)17-11-18(23)21(19(24)12-17)30-22(25,26)27/h11-12,14-16,20H,2-10,13H2,1H3. The third kappa shape index (κ3) is 6.30. The fraction of sp³-hybridized carbons (Fsp3) is 0.727. The number of benzene rings is 1. The van der Waals surface area contributed by atoms with Crippen molar-refractivity contribution in [3.8, 4) is 5.75 Å². The molecule has 1 saturated carbocycles. The zero-order valence-electron chi connectivity index (χ0n) is 17.1. The molecule has 2 aliphatic rings. The Labute approximate surface area is 173 Å². The molecule has 8 heteroatoms. The van der Waals surface area contributed by atoms with E-state index >= 15 is 0 Å². The summed E-state index contributed by atoms with van der Waals surface area (Å²) in [5.41, 5.74) is 0.388. The molecule has 0 radical (unpaired) electrons. The second-order valence-electron chi connectivity index (χ2n) is 8.27. The molecular formula is C22H29F5O3. The summed E-state index contributed by atoms with van der Waals surface area (Å²) in [5, 5.41) is 0. The van der Waals surface area contributed by atoms with Crippen molar-refractivity contribution >= 4 is 0 Å². The summed E-state index contributed by atoms with van der Waals surface area (Å²) < 4.78 is 79.9. The molecule has 1 saturated heterocycles. The lowest BCUT2D eigenvalue weighted by Gasteiger charge is -2.38. The number of halogens is 5. The van der Waals surface area contributed by atoms with Crippen molar-refractivity contribution in [1.29, 1.82) is 0 Å². The second-order valence-corrected chi connectivity index (χ2v) is 8.27. The van der Waals surface area contributed by atoms with Crippen LogP contribution < -0.4 is 4.74 Å². The van der Waals surface area contributed by atoms with E-state index in [2.05, 4.69) is 4.74 Å². The molecule has 0 amide bonds. The molecule has 170 valence electrons. The van der Waals surface area contributed by atoms with Crippen LogP contribution in [0.5, 0.6) is 5.75 Å². The molecule has 1 aromatic rings. The predicted molar refractivity (Wildman–Crippen MR) is 101 cm³/mol. The van der Waals surface area contributed by atoms with Crippen LogP contribution >= 0.6 is 0 Å². The maximum Gasteiger partial charge on any atom is 0.573 e. The minimum absolute atomic E-state index is 0.0762. The highest BCUT2D eigenvalue weighted by molar-refractivity contribution is 5.33. The maximum atomic E-state index is 14.0. The van der Waals surface area contributed by atoms with Crippen LogP contribution in [0.25, 0.3) is 0 Å². The van der Waals surface area contributed by atoms with Gasteiger partial charge in [-0.2, -0.15) is 0 Å². The zero-order valence-corrected chi connectivity index (χ0v) is 17.1. The second kappa shape index (κ2) is 10.3. The van der Waals surface area contributed by atoms with Gasteiger partial charge in [0.2, 0.25) is 5.75 Å². The van der Waals surface area contributed by atoms with Gasteiger partial charge in [0.15, 0.2) is 11.6 Å². The smallest absolute Gasteiger partial charge is 0.399 e. The van der Waals surface area contributed by atoms with Crippen LogP contribution in [0, 0.1) is 23.5 Å². The third-order valence-corrected chi connectivity index (χ3v) is 6.29. The van der Waals surface area contributed by atoms with Gasteiger partial charge in [-0.05, 0) is 87.3 Å². The van der Waals surface area contributed by atoms with Gasteiger partial charge in [-0.3, -0.25) is 0 Å². The summed E-state index contributed by atoms with van der Waals surface area (Å²) in [5.74, 6) is -3.16. The number of hydrogen-bond acceptors (Lipinski definition) is 3. The van der Waals surface area contributed by atoms with Crippen LogP contribution in [0.4, 0.5) is 22.0 Å². The normalized spacial score (nSPS) is 27.8. The van der Waals surface area contributed by atoms with E-state index in [1.54, 1.807) is 0 Å². The Kier molecular flexibility index (Phi) is 7.96. The van der Waals surface area contributed by atoms with Crippen molar-refractivity contribution in [2.45, 2.75) is 70.3 Å². The highest BCUT2D eigenvalue weighted by Crippen LogP contribution is 2.41. The van der Waals surface area contributed by atoms with Crippen molar-refractivity contribution in [2.24, 2.45) is 11.8 Å². The first-order valence-corrected chi connectivity index (χ1v) is 10.7. The maximum absolute atomic E-state index is 14.0. The van der Waals surface area contributed by atoms with Crippen LogP contribution in [0.1, 0.15) is 63.4 Å². The molecule has 2 unspecified atom stereocenters. The molecule has 0 N–H and O–H groups in total. The average molecular weight is 436 g/mol. The highest BCUT2D eigenvalue weighted by atomic mass is 19.4. The molecule has 0 aromatic heterocycles. The molecular weight excluding hydrogens is 407 g/mol. The number of hydrogen-bond donors (Lipinski definition) is 0. The lowest BCUT2D eigenvalue weighted by molar-refractivity contribution is -0.276. The minimum Gasteiger partial charge on any atom is -0.399 e. The summed E-state index contributed by atoms with van der Waals surface area (Å²) >= 11 is 0. The Morgan fingerprint density at radius 2 is 1.67 bits per heavy atom. The van der Waals surface area contributed by atoms with Gasteiger partial charge >= 0.3 is 6.36 Å². The lowest BCUT2D eigenvalue weighted by atomic mass is 9.75. The van der Waals surface area contributed by atoms with Crippen LogP contribution in [0.15, 0.2) is 12.1 Å². The van der Waals surface area contributed by atoms with Gasteiger partial charge in [0.25, 0.3) is 0 Å². The molecule has 1 aromatic carbocycles. The summed E-state index contributed by atoms with van der Waals surface area (Å²) in [6, 6.07) is 1.93. The van der Waals surface area contributed by atoms with Crippen LogP contribution in [-0.2, 0) is 9.47 Å². The number of ether oxygens (including phenoxy) is 3. The van der Waals surface area contributed by atoms with E-state index in [9.17, 15) is 22.0 Å². The molecule has 0 bridgehead atoms. The van der Waals surface area contributed by atoms with Gasteiger partial charge in [0.1, 0.15) is 0 Å². The van der Waals surface area contributed by atoms with E-state index in [0.29, 0.717) is 17.4 Å². The first kappa shape index (κ1) is 23.3. The Bertz CT molecular complexity index is 655. The van der Waals surface area contributed by atoms with Crippen molar-refractivity contribution in [3.63, 3.8) is 0 Å². The SMILES string of the molecule is CCOCCC1CCC(C2CCC(c3cc(F)c(OC(F)(F)F)c(F)c3)CC2)OC1. The fourth-order valence-electron chi connectivity index (χ4n) is 4.67. The summed E-state index contributed by atoms with van der Waals surface area (Å²) in [7, 11) is 0. The molecule has 3 nitrogen and oxygen atoms in total. The molecule has 1 heterocycles. The lowest BCUT2D eigenvalue weighted by Crippen LogP contribution is -2.34. The van der Waals surface area contributed by atoms with Crippen molar-refractivity contribution in [2.75, 3.05) is 19.8 Å². The highest BCUT2D eigenvalue weighted by Gasteiger charge is 2.35. The molecule has 1 aliphatic carbocycles. The summed E-state index contributed by atoms with van der Waals surface area (Å²) in [6.07, 6.45) is 1.44. The Balaban J connectivity index is 1.50. The molecule has 2 atom stereocenters. The van der Waals surface area contributed by atoms with Crippen molar-refractivity contribution in [3.05, 3.63) is 29.3 Å². The van der Waals surface area contributed by atoms with E-state index < -0.39 is 23.7 Å². The Morgan fingerprint density at radius 3 is 2.20 bits per heavy atom. The summed E-state index contributed by atoms with van der Waals surface area (Å²) in [6.45, 7) is 4.22. The summed E-state index contributed by atoms with van der Waals surface area (Å²) in [4.78, 5) is 0. The van der Waals surface area contributed by atoms with Gasteiger partial charge in [-0.15, -0.1) is 13.2 Å². The van der Waals surface area contributed by atoms with E-state index in [4.69, 9.17) is 9.47 Å². The van der Waals surface area contributed by atoms with Gasteiger partial charge < -0.3 is 14.2 Å². The first-order valence-electron chi connectivity index (χ1n) is 10.7. The van der Waals surface area contributed by atoms with Crippen LogP contribution in [-0.4, -0.2) is 32.3 Å². The van der Waals surface area contributed by atoms with Crippen molar-refractivity contribution in [1.82, 2.24) is 0 Å². The van der Waals surface area contributed by atoms with Gasteiger partial charge in [-0.1, -0.05) is 0 Å². The molecule has 30 heavy (non-hydrogen) atoms. The Hall–Kier alpha value is -1.41. The third-order valence-electron chi connectivity index (χ3n) is 6.29. The van der Waals surface area contributed by atoms with E-state index in [-0.39, 0.29) is 12.0 Å². The fourth-order valence-corrected chi connectivity index (χ4v) is 4.67. The van der Waals surface area contributed by atoms with E-state index in [0.717, 1.165) is 76.9 Å². The Morgan fingerprint density at radius 1 is 1.00 bits per heavy atom. The quantitative estimate of drug-likeness (QED) is 0.368. The molecule has 1 aliphatic heterocycles. The van der Waals surface area contributed by atoms with Crippen molar-refractivity contribution < 1.29 is 36.2 Å². The van der Waals surface area contributed by atoms with Crippen LogP contribution in [0.2, 0.25) is 0 Å². The van der Waals surface area contributed by atoms with Crippen LogP contribution in [0.3, 0.4) is 0 Å². The minimum atomic E-state index is -5.14. The largest absolute Gasteiger partial charge is 0.573 e. The number of rotatable bonds is 7. The zero-order chi connectivity index (χ0) is 21.7. The molecule has 2 fully saturated rings. The first-order chi connectivity index (χ1) is 14.3. The van der Waals surface area contributed by atoms with E-state index in [1.807, 2.05) is 6.92 Å². The van der Waals surface area contributed by atoms with Gasteiger partial charge in [0.05, 0.1) is 6.10 Å². The topological polar surface area (TPSA) is 27.7 Å². The molecule has 0 spiro atoms. The average Bonchev–Trinajstić information content (AvgIpc) is 2.71. The molecule has 3 rings (SSSR count). The monoisotopic (exact) mass is 436 g/mol. The van der Waals surface area contributed by atoms with Gasteiger partial charge in [0, 0.05) is 19.8 Å². The number of alkyl halides is 3. The predicted octanol–water partition coefficient (Wildman–Crippen LogP) is 6.36. The van der Waals surface area contributed by atoms with Gasteiger partial charge in [-0.25, -0.2) is 8.78 Å².